The molecule has 0 bridgehead atoms. The molecule has 7 heteroatoms. The number of ether oxygens (including phenoxy) is 2. The van der Waals surface area contributed by atoms with Crippen molar-refractivity contribution in [2.75, 3.05) is 19.8 Å². The van der Waals surface area contributed by atoms with Gasteiger partial charge in [-0.1, -0.05) is 0 Å². The van der Waals surface area contributed by atoms with Crippen LogP contribution in [0.25, 0.3) is 10.6 Å². The van der Waals surface area contributed by atoms with Gasteiger partial charge in [0.1, 0.15) is 23.9 Å². The molecule has 1 aromatic carbocycles. The number of fused-ring (bicyclic) bond motifs is 1. The molecule has 2 aromatic rings. The molecular weight excluding hydrogens is 326 g/mol. The highest BCUT2D eigenvalue weighted by Crippen LogP contribution is 2.35. The largest absolute Gasteiger partial charge is 0.486 e. The Labute approximate surface area is 144 Å². The van der Waals surface area contributed by atoms with Crippen LogP contribution in [0.2, 0.25) is 0 Å². The molecule has 1 aromatic heterocycles. The predicted molar refractivity (Wildman–Crippen MR) is 91.6 cm³/mol. The van der Waals surface area contributed by atoms with Gasteiger partial charge in [-0.3, -0.25) is 4.79 Å². The minimum atomic E-state index is -0.175. The van der Waals surface area contributed by atoms with Gasteiger partial charge in [0.15, 0.2) is 11.5 Å². The minimum Gasteiger partial charge on any atom is -0.486 e. The molecule has 1 aliphatic heterocycles. The highest BCUT2D eigenvalue weighted by molar-refractivity contribution is 7.13. The van der Waals surface area contributed by atoms with Gasteiger partial charge in [-0.15, -0.1) is 11.3 Å². The van der Waals surface area contributed by atoms with Crippen molar-refractivity contribution in [3.05, 3.63) is 29.3 Å². The monoisotopic (exact) mass is 345 g/mol. The molecule has 126 valence electrons. The van der Waals surface area contributed by atoms with E-state index in [-0.39, 0.29) is 11.9 Å². The van der Waals surface area contributed by atoms with Crippen molar-refractivity contribution in [1.29, 1.82) is 0 Å². The summed E-state index contributed by atoms with van der Waals surface area (Å²) in [7, 11) is 0. The van der Waals surface area contributed by atoms with E-state index in [2.05, 4.69) is 10.3 Å². The third kappa shape index (κ3) is 3.22. The molecule has 1 unspecified atom stereocenters. The quantitative estimate of drug-likeness (QED) is 0.866. The number of nitrogens with two attached hydrogens (primary N) is 1. The summed E-state index contributed by atoms with van der Waals surface area (Å²) in [6, 6.07) is 5.75. The molecule has 0 spiro atoms. The summed E-state index contributed by atoms with van der Waals surface area (Å²) in [4.78, 5) is 16.6. The number of hydrogen-bond donors (Lipinski definition) is 2. The number of carbonyl (C=O) groups excluding carboxylic acids is 1. The fourth-order valence-corrected chi connectivity index (χ4v) is 3.48. The van der Waals surface area contributed by atoms with Crippen LogP contribution in [0.15, 0.2) is 23.6 Å². The topological polar surface area (TPSA) is 86.5 Å². The molecule has 6 nitrogen and oxygen atoms in total. The maximum atomic E-state index is 12.2. The molecule has 1 amide bonds. The Hall–Kier alpha value is -2.12. The van der Waals surface area contributed by atoms with Crippen LogP contribution in [0.5, 0.6) is 11.5 Å². The van der Waals surface area contributed by atoms with Gasteiger partial charge in [0.2, 0.25) is 0 Å². The normalized spacial score (nSPS) is 17.4. The number of rotatable bonds is 5. The van der Waals surface area contributed by atoms with Gasteiger partial charge in [0.25, 0.3) is 5.91 Å². The van der Waals surface area contributed by atoms with E-state index in [1.54, 1.807) is 5.38 Å². The van der Waals surface area contributed by atoms with Crippen molar-refractivity contribution in [2.45, 2.75) is 18.9 Å². The number of carbonyl (C=O) groups is 1. The summed E-state index contributed by atoms with van der Waals surface area (Å²) in [5.74, 6) is 1.85. The van der Waals surface area contributed by atoms with E-state index in [4.69, 9.17) is 15.2 Å². The molecular formula is C17H19N3O3S. The second-order valence-corrected chi connectivity index (χ2v) is 6.97. The lowest BCUT2D eigenvalue weighted by atomic mass is 10.2. The molecule has 0 radical (unpaired) electrons. The van der Waals surface area contributed by atoms with Crippen LogP contribution in [0.1, 0.15) is 23.3 Å². The van der Waals surface area contributed by atoms with Crippen molar-refractivity contribution >= 4 is 17.2 Å². The first-order valence-corrected chi connectivity index (χ1v) is 8.98. The van der Waals surface area contributed by atoms with E-state index in [1.165, 1.54) is 24.2 Å². The number of nitrogens with zero attached hydrogens (tertiary/aromatic N) is 1. The van der Waals surface area contributed by atoms with E-state index in [0.29, 0.717) is 31.4 Å². The standard InChI is InChI=1S/C17H19N3O3S/c18-12(10-1-2-10)8-19-16(21)13-9-24-17(20-13)11-3-4-14-15(7-11)23-6-5-22-14/h3-4,7,9-10,12H,1-2,5-6,8,18H2,(H,19,21). The first-order valence-electron chi connectivity index (χ1n) is 8.10. The number of benzene rings is 1. The summed E-state index contributed by atoms with van der Waals surface area (Å²) in [6.45, 7) is 1.61. The highest BCUT2D eigenvalue weighted by atomic mass is 32.1. The smallest absolute Gasteiger partial charge is 0.270 e. The molecule has 1 atom stereocenters. The molecule has 0 saturated heterocycles. The average Bonchev–Trinajstić information content (AvgIpc) is 3.35. The van der Waals surface area contributed by atoms with Gasteiger partial charge in [-0.25, -0.2) is 4.98 Å². The molecule has 3 N–H and O–H groups in total. The number of amides is 1. The zero-order chi connectivity index (χ0) is 16.5. The van der Waals surface area contributed by atoms with E-state index in [9.17, 15) is 4.79 Å². The summed E-state index contributed by atoms with van der Waals surface area (Å²) in [5, 5.41) is 5.42. The maximum absolute atomic E-state index is 12.2. The third-order valence-electron chi connectivity index (χ3n) is 4.25. The van der Waals surface area contributed by atoms with Crippen LogP contribution in [-0.2, 0) is 0 Å². The lowest BCUT2D eigenvalue weighted by Crippen LogP contribution is -2.38. The van der Waals surface area contributed by atoms with E-state index < -0.39 is 0 Å². The molecule has 1 saturated carbocycles. The number of thiazole rings is 1. The Kier molecular flexibility index (Phi) is 4.12. The van der Waals surface area contributed by atoms with Crippen LogP contribution in [0, 0.1) is 5.92 Å². The Morgan fingerprint density at radius 1 is 1.33 bits per heavy atom. The minimum absolute atomic E-state index is 0.0462. The average molecular weight is 345 g/mol. The lowest BCUT2D eigenvalue weighted by Gasteiger charge is -2.18. The highest BCUT2D eigenvalue weighted by Gasteiger charge is 2.28. The molecule has 2 aliphatic rings. The predicted octanol–water partition coefficient (Wildman–Crippen LogP) is 2.05. The van der Waals surface area contributed by atoms with Crippen molar-refractivity contribution in [2.24, 2.45) is 11.7 Å². The van der Waals surface area contributed by atoms with Crippen LogP contribution < -0.4 is 20.5 Å². The molecule has 2 heterocycles. The summed E-state index contributed by atoms with van der Waals surface area (Å²) >= 11 is 1.43. The lowest BCUT2D eigenvalue weighted by molar-refractivity contribution is 0.0946. The zero-order valence-corrected chi connectivity index (χ0v) is 14.0. The Morgan fingerprint density at radius 3 is 2.92 bits per heavy atom. The molecule has 1 aliphatic carbocycles. The van der Waals surface area contributed by atoms with Gasteiger partial charge >= 0.3 is 0 Å². The van der Waals surface area contributed by atoms with Gasteiger partial charge in [0, 0.05) is 23.5 Å². The molecule has 24 heavy (non-hydrogen) atoms. The van der Waals surface area contributed by atoms with Crippen molar-refractivity contribution in [1.82, 2.24) is 10.3 Å². The third-order valence-corrected chi connectivity index (χ3v) is 5.14. The maximum Gasteiger partial charge on any atom is 0.270 e. The first-order chi connectivity index (χ1) is 11.7. The Balaban J connectivity index is 1.45. The summed E-state index contributed by atoms with van der Waals surface area (Å²) in [6.07, 6.45) is 2.34. The van der Waals surface area contributed by atoms with E-state index in [1.807, 2.05) is 18.2 Å². The van der Waals surface area contributed by atoms with Crippen molar-refractivity contribution in [3.8, 4) is 22.1 Å². The van der Waals surface area contributed by atoms with Crippen LogP contribution >= 0.6 is 11.3 Å². The fourth-order valence-electron chi connectivity index (χ4n) is 2.68. The van der Waals surface area contributed by atoms with Gasteiger partial charge in [-0.05, 0) is 37.0 Å². The van der Waals surface area contributed by atoms with Crippen LogP contribution in [-0.4, -0.2) is 36.7 Å². The van der Waals surface area contributed by atoms with Crippen molar-refractivity contribution < 1.29 is 14.3 Å². The van der Waals surface area contributed by atoms with Gasteiger partial charge in [0.05, 0.1) is 0 Å². The van der Waals surface area contributed by atoms with Crippen LogP contribution in [0.3, 0.4) is 0 Å². The van der Waals surface area contributed by atoms with Crippen molar-refractivity contribution in [3.63, 3.8) is 0 Å². The number of aromatic nitrogens is 1. The summed E-state index contributed by atoms with van der Waals surface area (Å²) in [5.41, 5.74) is 7.35. The SMILES string of the molecule is NC(CNC(=O)c1csc(-c2ccc3c(c2)OCCO3)n1)C1CC1. The fraction of sp³-hybridized carbons (Fsp3) is 0.412. The second kappa shape index (κ2) is 6.41. The van der Waals surface area contributed by atoms with Gasteiger partial charge in [-0.2, -0.15) is 0 Å². The number of hydrogen-bond acceptors (Lipinski definition) is 6. The number of nitrogens with one attached hydrogen (secondary N) is 1. The Morgan fingerprint density at radius 2 is 2.12 bits per heavy atom. The molecule has 1 fully saturated rings. The molecule has 4 rings (SSSR count). The second-order valence-electron chi connectivity index (χ2n) is 6.11. The zero-order valence-electron chi connectivity index (χ0n) is 13.2. The first kappa shape index (κ1) is 15.4. The van der Waals surface area contributed by atoms with E-state index >= 15 is 0 Å². The summed E-state index contributed by atoms with van der Waals surface area (Å²) < 4.78 is 11.1. The Bertz CT molecular complexity index is 757. The van der Waals surface area contributed by atoms with Crippen LogP contribution in [0.4, 0.5) is 0 Å². The van der Waals surface area contributed by atoms with E-state index in [0.717, 1.165) is 22.1 Å². The van der Waals surface area contributed by atoms with Gasteiger partial charge < -0.3 is 20.5 Å².